The molecule has 2 amide bonds. The summed E-state index contributed by atoms with van der Waals surface area (Å²) in [5, 5.41) is 2.80. The van der Waals surface area contributed by atoms with Gasteiger partial charge >= 0.3 is 0 Å². The molecule has 0 aliphatic carbocycles. The number of carbonyl (C=O) groups excluding carboxylic acids is 2. The van der Waals surface area contributed by atoms with Crippen molar-refractivity contribution >= 4 is 17.5 Å². The van der Waals surface area contributed by atoms with Crippen LogP contribution in [0.5, 0.6) is 0 Å². The van der Waals surface area contributed by atoms with Crippen molar-refractivity contribution in [1.82, 2.24) is 15.3 Å². The van der Waals surface area contributed by atoms with E-state index in [1.807, 2.05) is 6.07 Å². The lowest BCUT2D eigenvalue weighted by atomic mass is 10.1. The number of nitrogens with zero attached hydrogens (tertiary/aromatic N) is 3. The maximum Gasteiger partial charge on any atom is 0.253 e. The van der Waals surface area contributed by atoms with Gasteiger partial charge in [0.2, 0.25) is 5.91 Å². The molecule has 0 fully saturated rings. The van der Waals surface area contributed by atoms with Gasteiger partial charge in [-0.25, -0.2) is 4.39 Å². The standard InChI is InChI=1S/C22H21FN4O2/c1-3-21(28)27(2)20-9-7-16(11-18(20)23)19-8-6-17(14-25-19)22(29)26-13-15-5-4-10-24-12-15/h4-12,14H,3,13H2,1-2H3,(H,26,29). The number of pyridine rings is 2. The minimum absolute atomic E-state index is 0.170. The van der Waals surface area contributed by atoms with Gasteiger partial charge in [0.25, 0.3) is 5.91 Å². The Bertz CT molecular complexity index is 1010. The molecule has 1 aromatic carbocycles. The molecule has 0 bridgehead atoms. The number of anilines is 1. The molecule has 0 spiro atoms. The van der Waals surface area contributed by atoms with Crippen LogP contribution in [-0.2, 0) is 11.3 Å². The predicted octanol–water partition coefficient (Wildman–Crippen LogP) is 3.59. The second-order valence-electron chi connectivity index (χ2n) is 6.45. The minimum atomic E-state index is -0.508. The molecule has 148 valence electrons. The highest BCUT2D eigenvalue weighted by Gasteiger charge is 2.14. The van der Waals surface area contributed by atoms with Crippen LogP contribution in [0.1, 0.15) is 29.3 Å². The van der Waals surface area contributed by atoms with Crippen molar-refractivity contribution in [2.75, 3.05) is 11.9 Å². The lowest BCUT2D eigenvalue weighted by molar-refractivity contribution is -0.118. The fourth-order valence-corrected chi connectivity index (χ4v) is 2.80. The first kappa shape index (κ1) is 20.1. The van der Waals surface area contributed by atoms with Crippen molar-refractivity contribution in [1.29, 1.82) is 0 Å². The zero-order chi connectivity index (χ0) is 20.8. The summed E-state index contributed by atoms with van der Waals surface area (Å²) in [5.41, 5.74) is 2.61. The molecule has 0 saturated carbocycles. The normalized spacial score (nSPS) is 10.4. The van der Waals surface area contributed by atoms with E-state index in [1.54, 1.807) is 56.7 Å². The topological polar surface area (TPSA) is 75.2 Å². The smallest absolute Gasteiger partial charge is 0.253 e. The first-order chi connectivity index (χ1) is 14.0. The fraction of sp³-hybridized carbons (Fsp3) is 0.182. The van der Waals surface area contributed by atoms with E-state index in [0.29, 0.717) is 29.8 Å². The van der Waals surface area contributed by atoms with Gasteiger partial charge < -0.3 is 10.2 Å². The third-order valence-electron chi connectivity index (χ3n) is 4.48. The minimum Gasteiger partial charge on any atom is -0.348 e. The van der Waals surface area contributed by atoms with Crippen molar-refractivity contribution in [3.8, 4) is 11.3 Å². The van der Waals surface area contributed by atoms with E-state index in [2.05, 4.69) is 15.3 Å². The Morgan fingerprint density at radius 3 is 2.59 bits per heavy atom. The van der Waals surface area contributed by atoms with Crippen LogP contribution < -0.4 is 10.2 Å². The van der Waals surface area contributed by atoms with Gasteiger partial charge in [0.15, 0.2) is 0 Å². The van der Waals surface area contributed by atoms with Crippen LogP contribution >= 0.6 is 0 Å². The van der Waals surface area contributed by atoms with Gasteiger partial charge in [0.05, 0.1) is 16.9 Å². The number of rotatable bonds is 6. The van der Waals surface area contributed by atoms with Gasteiger partial charge in [-0.1, -0.05) is 19.1 Å². The highest BCUT2D eigenvalue weighted by molar-refractivity contribution is 5.94. The summed E-state index contributed by atoms with van der Waals surface area (Å²) in [6.45, 7) is 2.09. The zero-order valence-electron chi connectivity index (χ0n) is 16.2. The van der Waals surface area contributed by atoms with E-state index in [4.69, 9.17) is 0 Å². The Kier molecular flexibility index (Phi) is 6.29. The largest absolute Gasteiger partial charge is 0.348 e. The second-order valence-corrected chi connectivity index (χ2v) is 6.45. The molecule has 3 rings (SSSR count). The first-order valence-corrected chi connectivity index (χ1v) is 9.19. The Balaban J connectivity index is 1.70. The molecular formula is C22H21FN4O2. The summed E-state index contributed by atoms with van der Waals surface area (Å²) in [6.07, 6.45) is 5.10. The van der Waals surface area contributed by atoms with E-state index in [1.165, 1.54) is 17.2 Å². The molecule has 2 heterocycles. The van der Waals surface area contributed by atoms with Crippen molar-refractivity contribution in [3.63, 3.8) is 0 Å². The lowest BCUT2D eigenvalue weighted by Crippen LogP contribution is -2.26. The quantitative estimate of drug-likeness (QED) is 0.696. The average molecular weight is 392 g/mol. The molecule has 6 nitrogen and oxygen atoms in total. The maximum atomic E-state index is 14.5. The molecule has 0 aliphatic heterocycles. The molecule has 1 N–H and O–H groups in total. The van der Waals surface area contributed by atoms with Crippen LogP contribution in [0.25, 0.3) is 11.3 Å². The monoisotopic (exact) mass is 392 g/mol. The highest BCUT2D eigenvalue weighted by Crippen LogP contribution is 2.25. The third kappa shape index (κ3) is 4.82. The van der Waals surface area contributed by atoms with E-state index in [0.717, 1.165) is 5.56 Å². The van der Waals surface area contributed by atoms with Crippen LogP contribution in [0, 0.1) is 5.82 Å². The molecule has 2 aromatic heterocycles. The van der Waals surface area contributed by atoms with Gasteiger partial charge in [-0.2, -0.15) is 0 Å². The van der Waals surface area contributed by atoms with E-state index in [-0.39, 0.29) is 17.5 Å². The van der Waals surface area contributed by atoms with E-state index < -0.39 is 5.82 Å². The van der Waals surface area contributed by atoms with Crippen molar-refractivity contribution in [2.24, 2.45) is 0 Å². The van der Waals surface area contributed by atoms with Crippen LogP contribution in [0.15, 0.2) is 61.1 Å². The SMILES string of the molecule is CCC(=O)N(C)c1ccc(-c2ccc(C(=O)NCc3cccnc3)cn2)cc1F. The maximum absolute atomic E-state index is 14.5. The van der Waals surface area contributed by atoms with Crippen LogP contribution in [0.4, 0.5) is 10.1 Å². The average Bonchev–Trinajstić information content (AvgIpc) is 2.77. The number of carbonyl (C=O) groups is 2. The van der Waals surface area contributed by atoms with Gasteiger partial charge in [0, 0.05) is 44.2 Å². The van der Waals surface area contributed by atoms with Gasteiger partial charge in [-0.3, -0.25) is 19.6 Å². The van der Waals surface area contributed by atoms with Crippen molar-refractivity contribution in [2.45, 2.75) is 19.9 Å². The summed E-state index contributed by atoms with van der Waals surface area (Å²) in [6, 6.07) is 11.6. The van der Waals surface area contributed by atoms with Crippen LogP contribution in [0.3, 0.4) is 0 Å². The number of halogens is 1. The molecule has 0 unspecified atom stereocenters. The predicted molar refractivity (Wildman–Crippen MR) is 109 cm³/mol. The van der Waals surface area contributed by atoms with Crippen LogP contribution in [0.2, 0.25) is 0 Å². The summed E-state index contributed by atoms with van der Waals surface area (Å²) < 4.78 is 14.5. The molecular weight excluding hydrogens is 371 g/mol. The molecule has 0 atom stereocenters. The molecule has 7 heteroatoms. The Labute approximate surface area is 168 Å². The van der Waals surface area contributed by atoms with Crippen molar-refractivity contribution in [3.05, 3.63) is 78.0 Å². The Hall–Kier alpha value is -3.61. The second kappa shape index (κ2) is 9.05. The Morgan fingerprint density at radius 1 is 1.14 bits per heavy atom. The highest BCUT2D eigenvalue weighted by atomic mass is 19.1. The van der Waals surface area contributed by atoms with Gasteiger partial charge in [-0.05, 0) is 35.9 Å². The molecule has 0 saturated heterocycles. The molecule has 29 heavy (non-hydrogen) atoms. The zero-order valence-corrected chi connectivity index (χ0v) is 16.2. The third-order valence-corrected chi connectivity index (χ3v) is 4.48. The molecule has 3 aromatic rings. The summed E-state index contributed by atoms with van der Waals surface area (Å²) >= 11 is 0. The Morgan fingerprint density at radius 2 is 1.97 bits per heavy atom. The number of hydrogen-bond acceptors (Lipinski definition) is 4. The van der Waals surface area contributed by atoms with Crippen molar-refractivity contribution < 1.29 is 14.0 Å². The summed E-state index contributed by atoms with van der Waals surface area (Å²) in [7, 11) is 1.54. The lowest BCUT2D eigenvalue weighted by Gasteiger charge is -2.17. The summed E-state index contributed by atoms with van der Waals surface area (Å²) in [4.78, 5) is 33.6. The van der Waals surface area contributed by atoms with E-state index in [9.17, 15) is 14.0 Å². The van der Waals surface area contributed by atoms with Gasteiger partial charge in [0.1, 0.15) is 5.82 Å². The number of nitrogens with one attached hydrogen (secondary N) is 1. The number of benzene rings is 1. The summed E-state index contributed by atoms with van der Waals surface area (Å²) in [5.74, 6) is -0.933. The van der Waals surface area contributed by atoms with Crippen LogP contribution in [-0.4, -0.2) is 28.8 Å². The molecule has 0 radical (unpaired) electrons. The molecule has 0 aliphatic rings. The van der Waals surface area contributed by atoms with E-state index >= 15 is 0 Å². The number of hydrogen-bond donors (Lipinski definition) is 1. The first-order valence-electron chi connectivity index (χ1n) is 9.19. The van der Waals surface area contributed by atoms with Gasteiger partial charge in [-0.15, -0.1) is 0 Å². The number of amides is 2. The fourth-order valence-electron chi connectivity index (χ4n) is 2.80. The number of aromatic nitrogens is 2.